The molecule has 7 heteroatoms. The summed E-state index contributed by atoms with van der Waals surface area (Å²) >= 11 is 0. The Hall–Kier alpha value is -1.22. The molecule has 0 aliphatic carbocycles. The molecule has 0 amide bonds. The van der Waals surface area contributed by atoms with Gasteiger partial charge in [-0.05, 0) is 31.0 Å². The lowest BCUT2D eigenvalue weighted by Crippen LogP contribution is -2.43. The highest BCUT2D eigenvalue weighted by Crippen LogP contribution is 2.32. The molecule has 0 bridgehead atoms. The summed E-state index contributed by atoms with van der Waals surface area (Å²) in [5.41, 5.74) is 1.08. The van der Waals surface area contributed by atoms with Crippen molar-refractivity contribution in [3.05, 3.63) is 23.8 Å². The van der Waals surface area contributed by atoms with Crippen LogP contribution in [0, 0.1) is 0 Å². The second kappa shape index (κ2) is 13.0. The van der Waals surface area contributed by atoms with Crippen molar-refractivity contribution in [3.8, 4) is 11.5 Å². The van der Waals surface area contributed by atoms with Gasteiger partial charge in [-0.3, -0.25) is 4.99 Å². The molecule has 0 radical (unpaired) electrons. The molecule has 0 unspecified atom stereocenters. The number of methoxy groups -OCH3 is 2. The number of nitrogens with one attached hydrogen (secondary N) is 2. The number of halogens is 1. The summed E-state index contributed by atoms with van der Waals surface area (Å²) in [7, 11) is 5.08. The zero-order chi connectivity index (χ0) is 18.7. The first-order valence-corrected chi connectivity index (χ1v) is 8.73. The van der Waals surface area contributed by atoms with Gasteiger partial charge >= 0.3 is 0 Å². The van der Waals surface area contributed by atoms with Gasteiger partial charge in [0.1, 0.15) is 0 Å². The number of nitrogens with zero attached hydrogens (tertiary/aromatic N) is 1. The van der Waals surface area contributed by atoms with Crippen molar-refractivity contribution in [1.29, 1.82) is 0 Å². The predicted octanol–water partition coefficient (Wildman–Crippen LogP) is 3.19. The summed E-state index contributed by atoms with van der Waals surface area (Å²) in [6.45, 7) is 9.46. The average Bonchev–Trinajstić information content (AvgIpc) is 2.63. The number of rotatable bonds is 10. The molecule has 0 spiro atoms. The maximum atomic E-state index is 5.41. The smallest absolute Gasteiger partial charge is 0.191 e. The van der Waals surface area contributed by atoms with E-state index in [1.807, 2.05) is 19.1 Å². The molecule has 6 nitrogen and oxygen atoms in total. The molecule has 0 fully saturated rings. The van der Waals surface area contributed by atoms with Gasteiger partial charge in [-0.2, -0.15) is 0 Å². The van der Waals surface area contributed by atoms with Crippen LogP contribution >= 0.6 is 24.0 Å². The van der Waals surface area contributed by atoms with E-state index in [-0.39, 0.29) is 29.4 Å². The van der Waals surface area contributed by atoms with Crippen LogP contribution in [0.15, 0.2) is 23.2 Å². The van der Waals surface area contributed by atoms with Crippen LogP contribution in [0.5, 0.6) is 11.5 Å². The zero-order valence-corrected chi connectivity index (χ0v) is 19.2. The van der Waals surface area contributed by atoms with Crippen LogP contribution in [0.1, 0.15) is 32.8 Å². The van der Waals surface area contributed by atoms with Gasteiger partial charge in [0, 0.05) is 38.8 Å². The molecular weight excluding hydrogens is 445 g/mol. The Morgan fingerprint density at radius 2 is 1.81 bits per heavy atom. The zero-order valence-electron chi connectivity index (χ0n) is 16.8. The second-order valence-corrected chi connectivity index (χ2v) is 6.36. The third-order valence-electron chi connectivity index (χ3n) is 4.05. The maximum absolute atomic E-state index is 5.41. The SMILES string of the molecule is CCOCCCNC(=NC)NCC(C)(C)c1ccc(OC)c(OC)c1.I. The van der Waals surface area contributed by atoms with Crippen molar-refractivity contribution in [1.82, 2.24) is 10.6 Å². The van der Waals surface area contributed by atoms with Gasteiger partial charge in [0.05, 0.1) is 14.2 Å². The minimum Gasteiger partial charge on any atom is -0.493 e. The summed E-state index contributed by atoms with van der Waals surface area (Å²) in [5.74, 6) is 2.28. The summed E-state index contributed by atoms with van der Waals surface area (Å²) in [6.07, 6.45) is 0.952. The van der Waals surface area contributed by atoms with E-state index in [9.17, 15) is 0 Å². The van der Waals surface area contributed by atoms with Crippen LogP contribution in [0.4, 0.5) is 0 Å². The molecule has 0 aromatic heterocycles. The summed E-state index contributed by atoms with van der Waals surface area (Å²) in [4.78, 5) is 4.27. The largest absolute Gasteiger partial charge is 0.493 e. The van der Waals surface area contributed by atoms with Crippen LogP contribution < -0.4 is 20.1 Å². The Balaban J connectivity index is 0.00000625. The molecule has 26 heavy (non-hydrogen) atoms. The number of hydrogen-bond donors (Lipinski definition) is 2. The van der Waals surface area contributed by atoms with Crippen LogP contribution in [0.3, 0.4) is 0 Å². The molecule has 1 aromatic rings. The fourth-order valence-corrected chi connectivity index (χ4v) is 2.41. The van der Waals surface area contributed by atoms with Crippen LogP contribution in [0.2, 0.25) is 0 Å². The fraction of sp³-hybridized carbons (Fsp3) is 0.632. The summed E-state index contributed by atoms with van der Waals surface area (Å²) < 4.78 is 16.1. The van der Waals surface area contributed by atoms with E-state index >= 15 is 0 Å². The van der Waals surface area contributed by atoms with Crippen LogP contribution in [0.25, 0.3) is 0 Å². The second-order valence-electron chi connectivity index (χ2n) is 6.36. The summed E-state index contributed by atoms with van der Waals surface area (Å²) in [5, 5.41) is 6.70. The Bertz CT molecular complexity index is 551. The third-order valence-corrected chi connectivity index (χ3v) is 4.05. The van der Waals surface area contributed by atoms with E-state index in [2.05, 4.69) is 35.5 Å². The van der Waals surface area contributed by atoms with Gasteiger partial charge in [0.25, 0.3) is 0 Å². The molecule has 150 valence electrons. The van der Waals surface area contributed by atoms with E-state index < -0.39 is 0 Å². The van der Waals surface area contributed by atoms with E-state index in [1.54, 1.807) is 21.3 Å². The average molecular weight is 479 g/mol. The van der Waals surface area contributed by atoms with E-state index in [4.69, 9.17) is 14.2 Å². The molecule has 1 rings (SSSR count). The minimum absolute atomic E-state index is 0. The molecule has 0 aliphatic heterocycles. The number of hydrogen-bond acceptors (Lipinski definition) is 4. The Morgan fingerprint density at radius 3 is 2.38 bits per heavy atom. The number of ether oxygens (including phenoxy) is 3. The highest BCUT2D eigenvalue weighted by molar-refractivity contribution is 14.0. The lowest BCUT2D eigenvalue weighted by Gasteiger charge is -2.27. The van der Waals surface area contributed by atoms with Crippen molar-refractivity contribution < 1.29 is 14.2 Å². The first-order valence-electron chi connectivity index (χ1n) is 8.73. The lowest BCUT2D eigenvalue weighted by molar-refractivity contribution is 0.145. The number of guanidine groups is 1. The maximum Gasteiger partial charge on any atom is 0.191 e. The van der Waals surface area contributed by atoms with Gasteiger partial charge in [0.2, 0.25) is 0 Å². The van der Waals surface area contributed by atoms with Crippen molar-refractivity contribution in [2.24, 2.45) is 4.99 Å². The Kier molecular flexibility index (Phi) is 12.4. The molecule has 0 heterocycles. The monoisotopic (exact) mass is 479 g/mol. The molecule has 0 atom stereocenters. The molecule has 0 saturated heterocycles. The van der Waals surface area contributed by atoms with Gasteiger partial charge < -0.3 is 24.8 Å². The topological polar surface area (TPSA) is 64.1 Å². The fourth-order valence-electron chi connectivity index (χ4n) is 2.41. The highest BCUT2D eigenvalue weighted by atomic mass is 127. The van der Waals surface area contributed by atoms with Gasteiger partial charge in [0.15, 0.2) is 17.5 Å². The van der Waals surface area contributed by atoms with Crippen molar-refractivity contribution in [3.63, 3.8) is 0 Å². The predicted molar refractivity (Wildman–Crippen MR) is 118 cm³/mol. The molecule has 0 aliphatic rings. The lowest BCUT2D eigenvalue weighted by atomic mass is 9.84. The normalized spacial score (nSPS) is 11.5. The summed E-state index contributed by atoms with van der Waals surface area (Å²) in [6, 6.07) is 6.04. The first kappa shape index (κ1) is 24.8. The van der Waals surface area contributed by atoms with E-state index in [1.165, 1.54) is 5.56 Å². The number of benzene rings is 1. The number of aliphatic imine (C=N–C) groups is 1. The highest BCUT2D eigenvalue weighted by Gasteiger charge is 2.22. The van der Waals surface area contributed by atoms with Gasteiger partial charge in [-0.25, -0.2) is 0 Å². The van der Waals surface area contributed by atoms with Crippen LogP contribution in [-0.4, -0.2) is 53.5 Å². The van der Waals surface area contributed by atoms with Crippen molar-refractivity contribution in [2.75, 3.05) is 47.6 Å². The van der Waals surface area contributed by atoms with Crippen LogP contribution in [-0.2, 0) is 10.2 Å². The van der Waals surface area contributed by atoms with Crippen molar-refractivity contribution in [2.45, 2.75) is 32.6 Å². The third kappa shape index (κ3) is 7.99. The minimum atomic E-state index is -0.0947. The first-order chi connectivity index (χ1) is 12.0. The molecular formula is C19H34IN3O3. The van der Waals surface area contributed by atoms with E-state index in [0.29, 0.717) is 0 Å². The quantitative estimate of drug-likeness (QED) is 0.234. The van der Waals surface area contributed by atoms with Gasteiger partial charge in [-0.15, -0.1) is 24.0 Å². The Labute approximate surface area is 175 Å². The van der Waals surface area contributed by atoms with Crippen molar-refractivity contribution >= 4 is 29.9 Å². The van der Waals surface area contributed by atoms with Gasteiger partial charge in [-0.1, -0.05) is 19.9 Å². The Morgan fingerprint density at radius 1 is 1.12 bits per heavy atom. The van der Waals surface area contributed by atoms with E-state index in [0.717, 1.165) is 50.2 Å². The molecule has 0 saturated carbocycles. The standard InChI is InChI=1S/C19H33N3O3.HI/c1-7-25-12-8-11-21-18(20-4)22-14-19(2,3)15-9-10-16(23-5)17(13-15)24-6;/h9-10,13H,7-8,11-12,14H2,1-6H3,(H2,20,21,22);1H. The molecule has 1 aromatic carbocycles. The molecule has 2 N–H and O–H groups in total.